The van der Waals surface area contributed by atoms with Crippen molar-refractivity contribution in [2.45, 2.75) is 52.6 Å². The summed E-state index contributed by atoms with van der Waals surface area (Å²) in [6, 6.07) is 0.673. The fourth-order valence-electron chi connectivity index (χ4n) is 4.57. The van der Waals surface area contributed by atoms with E-state index in [0.29, 0.717) is 16.9 Å². The van der Waals surface area contributed by atoms with E-state index >= 15 is 0 Å². The van der Waals surface area contributed by atoms with E-state index in [-0.39, 0.29) is 0 Å². The molecule has 1 N–H and O–H groups in total. The van der Waals surface area contributed by atoms with Crippen LogP contribution in [0.1, 0.15) is 40.0 Å². The number of rotatable bonds is 4. The Hall–Kier alpha value is -0.830. The molecule has 1 heterocycles. The number of aromatic nitrogens is 2. The van der Waals surface area contributed by atoms with Gasteiger partial charge in [-0.25, -0.2) is 4.98 Å². The predicted octanol–water partition coefficient (Wildman–Crippen LogP) is 2.69. The van der Waals surface area contributed by atoms with Gasteiger partial charge < -0.3 is 9.88 Å². The Labute approximate surface area is 110 Å². The van der Waals surface area contributed by atoms with Crippen molar-refractivity contribution in [1.82, 2.24) is 14.9 Å². The Bertz CT molecular complexity index is 405. The van der Waals surface area contributed by atoms with Crippen molar-refractivity contribution in [2.75, 3.05) is 6.54 Å². The van der Waals surface area contributed by atoms with Crippen LogP contribution in [-0.4, -0.2) is 22.1 Å². The summed E-state index contributed by atoms with van der Waals surface area (Å²) in [5, 5.41) is 3.83. The zero-order valence-corrected chi connectivity index (χ0v) is 11.8. The second kappa shape index (κ2) is 4.09. The number of imidazole rings is 1. The average molecular weight is 247 g/mol. The summed E-state index contributed by atoms with van der Waals surface area (Å²) in [7, 11) is 0. The molecule has 3 rings (SSSR count). The van der Waals surface area contributed by atoms with Gasteiger partial charge in [-0.3, -0.25) is 0 Å². The lowest BCUT2D eigenvalue weighted by molar-refractivity contribution is 0.108. The third-order valence-electron chi connectivity index (χ3n) is 5.55. The maximum absolute atomic E-state index is 4.09. The molecule has 3 atom stereocenters. The summed E-state index contributed by atoms with van der Waals surface area (Å²) >= 11 is 0. The lowest BCUT2D eigenvalue weighted by Gasteiger charge is -2.43. The van der Waals surface area contributed by atoms with Crippen LogP contribution in [0, 0.1) is 16.7 Å². The van der Waals surface area contributed by atoms with Gasteiger partial charge in [0.05, 0.1) is 6.33 Å². The van der Waals surface area contributed by atoms with Crippen molar-refractivity contribution in [1.29, 1.82) is 0 Å². The lowest BCUT2D eigenvalue weighted by Crippen LogP contribution is -2.51. The lowest BCUT2D eigenvalue weighted by atomic mass is 9.68. The molecule has 18 heavy (non-hydrogen) atoms. The summed E-state index contributed by atoms with van der Waals surface area (Å²) in [5.41, 5.74) is 0.991. The summed E-state index contributed by atoms with van der Waals surface area (Å²) in [6.45, 7) is 9.46. The van der Waals surface area contributed by atoms with Crippen LogP contribution in [0.2, 0.25) is 0 Å². The van der Waals surface area contributed by atoms with E-state index in [2.05, 4.69) is 35.6 Å². The van der Waals surface area contributed by atoms with Crippen molar-refractivity contribution in [2.24, 2.45) is 16.7 Å². The molecule has 0 saturated heterocycles. The average Bonchev–Trinajstić information content (AvgIpc) is 2.96. The number of nitrogens with zero attached hydrogens (tertiary/aromatic N) is 2. The first-order chi connectivity index (χ1) is 8.52. The predicted molar refractivity (Wildman–Crippen MR) is 73.2 cm³/mol. The summed E-state index contributed by atoms with van der Waals surface area (Å²) in [6.07, 6.45) is 10.0. The number of hydrogen-bond donors (Lipinski definition) is 1. The number of fused-ring (bicyclic) bond motifs is 2. The van der Waals surface area contributed by atoms with E-state index < -0.39 is 0 Å². The summed E-state index contributed by atoms with van der Waals surface area (Å²) in [5.74, 6) is 0.924. The fraction of sp³-hybridized carbons (Fsp3) is 0.800. The minimum Gasteiger partial charge on any atom is -0.336 e. The molecule has 3 nitrogen and oxygen atoms in total. The second-order valence-corrected chi connectivity index (χ2v) is 7.10. The molecule has 0 radical (unpaired) electrons. The summed E-state index contributed by atoms with van der Waals surface area (Å²) < 4.78 is 2.15. The van der Waals surface area contributed by atoms with Gasteiger partial charge in [-0.2, -0.15) is 0 Å². The SMILES string of the molecule is CC1(C)C(NCCn2ccnc2)[C@]2(C)CC[C@H]1C2. The van der Waals surface area contributed by atoms with Gasteiger partial charge in [0.1, 0.15) is 0 Å². The van der Waals surface area contributed by atoms with Gasteiger partial charge in [0, 0.05) is 31.5 Å². The monoisotopic (exact) mass is 247 g/mol. The van der Waals surface area contributed by atoms with E-state index in [0.717, 1.165) is 19.0 Å². The van der Waals surface area contributed by atoms with Gasteiger partial charge in [0.15, 0.2) is 0 Å². The molecule has 0 amide bonds. The van der Waals surface area contributed by atoms with E-state index in [9.17, 15) is 0 Å². The van der Waals surface area contributed by atoms with Crippen molar-refractivity contribution in [3.8, 4) is 0 Å². The van der Waals surface area contributed by atoms with Gasteiger partial charge in [-0.05, 0) is 36.0 Å². The Morgan fingerprint density at radius 2 is 2.22 bits per heavy atom. The highest BCUT2D eigenvalue weighted by atomic mass is 15.1. The molecular formula is C15H25N3. The topological polar surface area (TPSA) is 29.9 Å². The first kappa shape index (κ1) is 12.2. The molecule has 2 fully saturated rings. The van der Waals surface area contributed by atoms with Crippen molar-refractivity contribution in [3.63, 3.8) is 0 Å². The Kier molecular flexibility index (Phi) is 2.77. The molecule has 2 saturated carbocycles. The van der Waals surface area contributed by atoms with Crippen LogP contribution in [-0.2, 0) is 6.54 Å². The first-order valence-corrected chi connectivity index (χ1v) is 7.21. The molecule has 1 unspecified atom stereocenters. The van der Waals surface area contributed by atoms with E-state index in [1.165, 1.54) is 19.3 Å². The highest BCUT2D eigenvalue weighted by Crippen LogP contribution is 2.62. The first-order valence-electron chi connectivity index (χ1n) is 7.21. The largest absolute Gasteiger partial charge is 0.336 e. The van der Waals surface area contributed by atoms with Crippen molar-refractivity contribution < 1.29 is 0 Å². The van der Waals surface area contributed by atoms with Crippen LogP contribution in [0.4, 0.5) is 0 Å². The quantitative estimate of drug-likeness (QED) is 0.886. The number of hydrogen-bond acceptors (Lipinski definition) is 2. The van der Waals surface area contributed by atoms with Crippen LogP contribution >= 0.6 is 0 Å². The minimum absolute atomic E-state index is 0.460. The fourth-order valence-corrected chi connectivity index (χ4v) is 4.57. The van der Waals surface area contributed by atoms with Gasteiger partial charge in [-0.1, -0.05) is 20.8 Å². The second-order valence-electron chi connectivity index (χ2n) is 7.10. The zero-order chi connectivity index (χ0) is 12.8. The maximum Gasteiger partial charge on any atom is 0.0946 e. The van der Waals surface area contributed by atoms with Crippen LogP contribution in [0.25, 0.3) is 0 Å². The molecule has 1 aromatic heterocycles. The van der Waals surface area contributed by atoms with Crippen LogP contribution in [0.3, 0.4) is 0 Å². The van der Waals surface area contributed by atoms with E-state index in [4.69, 9.17) is 0 Å². The highest BCUT2D eigenvalue weighted by Gasteiger charge is 2.58. The van der Waals surface area contributed by atoms with Crippen LogP contribution in [0.15, 0.2) is 18.7 Å². The smallest absolute Gasteiger partial charge is 0.0946 e. The standard InChI is InChI=1S/C15H25N3/c1-14(2)12-4-5-15(3,10-12)13(14)17-7-9-18-8-6-16-11-18/h6,8,11-13,17H,4-5,7,9-10H2,1-3H3/t12-,13?,15+/m0/s1. The molecule has 2 aliphatic rings. The number of nitrogens with one attached hydrogen (secondary N) is 1. The van der Waals surface area contributed by atoms with Gasteiger partial charge in [0.25, 0.3) is 0 Å². The van der Waals surface area contributed by atoms with Gasteiger partial charge in [0.2, 0.25) is 0 Å². The molecule has 3 heteroatoms. The third-order valence-corrected chi connectivity index (χ3v) is 5.55. The Balaban J connectivity index is 1.62. The van der Waals surface area contributed by atoms with Crippen LogP contribution in [0.5, 0.6) is 0 Å². The van der Waals surface area contributed by atoms with Crippen molar-refractivity contribution >= 4 is 0 Å². The molecule has 2 aliphatic carbocycles. The molecule has 100 valence electrons. The minimum atomic E-state index is 0.460. The zero-order valence-electron chi connectivity index (χ0n) is 11.8. The van der Waals surface area contributed by atoms with E-state index in [1.54, 1.807) is 0 Å². The summed E-state index contributed by atoms with van der Waals surface area (Å²) in [4.78, 5) is 4.09. The van der Waals surface area contributed by atoms with Gasteiger partial charge in [-0.15, -0.1) is 0 Å². The maximum atomic E-state index is 4.09. The molecular weight excluding hydrogens is 222 g/mol. The molecule has 2 bridgehead atoms. The van der Waals surface area contributed by atoms with Crippen LogP contribution < -0.4 is 5.32 Å². The molecule has 0 aliphatic heterocycles. The Morgan fingerprint density at radius 3 is 2.83 bits per heavy atom. The molecule has 0 spiro atoms. The van der Waals surface area contributed by atoms with E-state index in [1.807, 2.05) is 18.7 Å². The highest BCUT2D eigenvalue weighted by molar-refractivity contribution is 5.11. The molecule has 0 aromatic carbocycles. The van der Waals surface area contributed by atoms with Crippen molar-refractivity contribution in [3.05, 3.63) is 18.7 Å². The molecule has 1 aromatic rings. The Morgan fingerprint density at radius 1 is 1.39 bits per heavy atom. The normalized spacial score (nSPS) is 37.3. The third kappa shape index (κ3) is 1.80. The van der Waals surface area contributed by atoms with Gasteiger partial charge >= 0.3 is 0 Å².